The summed E-state index contributed by atoms with van der Waals surface area (Å²) in [6, 6.07) is 11.1. The Bertz CT molecular complexity index is 1080. The number of hydrogen-bond donors (Lipinski definition) is 2. The van der Waals surface area contributed by atoms with E-state index in [-0.39, 0.29) is 36.5 Å². The van der Waals surface area contributed by atoms with Crippen molar-refractivity contribution in [2.45, 2.75) is 45.2 Å². The molecule has 2 unspecified atom stereocenters. The quantitative estimate of drug-likeness (QED) is 0.606. The molecule has 2 aliphatic heterocycles. The number of carbonyl (C=O) groups excluding carboxylic acids is 3. The fraction of sp³-hybridized carbons (Fsp3) is 0.423. The molecule has 35 heavy (non-hydrogen) atoms. The van der Waals surface area contributed by atoms with E-state index in [0.29, 0.717) is 53.6 Å². The number of nitrogens with one attached hydrogen (secondary N) is 2. The van der Waals surface area contributed by atoms with Crippen molar-refractivity contribution in [3.05, 3.63) is 58.6 Å². The largest absolute Gasteiger partial charge is 0.454 e. The number of nitrogens with zero attached hydrogens (tertiary/aromatic N) is 1. The van der Waals surface area contributed by atoms with Crippen LogP contribution in [0.1, 0.15) is 53.8 Å². The molecular formula is C26H30ClN3O5. The van der Waals surface area contributed by atoms with Gasteiger partial charge in [-0.2, -0.15) is 0 Å². The maximum atomic E-state index is 13.2. The average Bonchev–Trinajstić information content (AvgIpc) is 3.35. The highest BCUT2D eigenvalue weighted by molar-refractivity contribution is 6.30. The van der Waals surface area contributed by atoms with Gasteiger partial charge in [0.2, 0.25) is 12.7 Å². The van der Waals surface area contributed by atoms with Crippen molar-refractivity contribution >= 4 is 29.3 Å². The Hall–Kier alpha value is -3.26. The third kappa shape index (κ3) is 5.88. The Balaban J connectivity index is 1.44. The summed E-state index contributed by atoms with van der Waals surface area (Å²) >= 11 is 5.94. The van der Waals surface area contributed by atoms with E-state index < -0.39 is 6.04 Å². The van der Waals surface area contributed by atoms with Gasteiger partial charge in [0.15, 0.2) is 11.5 Å². The molecule has 9 heteroatoms. The first kappa shape index (κ1) is 24.9. The average molecular weight is 500 g/mol. The monoisotopic (exact) mass is 499 g/mol. The minimum atomic E-state index is -0.713. The van der Waals surface area contributed by atoms with Gasteiger partial charge in [-0.05, 0) is 74.6 Å². The minimum absolute atomic E-state index is 0.0148. The number of halogens is 1. The number of hydrogen-bond acceptors (Lipinski definition) is 5. The molecule has 0 saturated carbocycles. The molecule has 2 aromatic rings. The van der Waals surface area contributed by atoms with Gasteiger partial charge in [0.25, 0.3) is 11.8 Å². The van der Waals surface area contributed by atoms with E-state index in [0.717, 1.165) is 6.42 Å². The van der Waals surface area contributed by atoms with Crippen molar-refractivity contribution in [1.82, 2.24) is 15.5 Å². The van der Waals surface area contributed by atoms with E-state index in [9.17, 15) is 14.4 Å². The third-order valence-corrected chi connectivity index (χ3v) is 6.85. The molecule has 0 radical (unpaired) electrons. The Morgan fingerprint density at radius 2 is 1.66 bits per heavy atom. The Morgan fingerprint density at radius 3 is 2.34 bits per heavy atom. The second kappa shape index (κ2) is 11.0. The summed E-state index contributed by atoms with van der Waals surface area (Å²) in [5.74, 6) is 0.359. The predicted molar refractivity (Wildman–Crippen MR) is 132 cm³/mol. The van der Waals surface area contributed by atoms with Crippen molar-refractivity contribution in [2.75, 3.05) is 19.9 Å². The van der Waals surface area contributed by atoms with Gasteiger partial charge in [-0.25, -0.2) is 0 Å². The van der Waals surface area contributed by atoms with Crippen molar-refractivity contribution in [1.29, 1.82) is 0 Å². The van der Waals surface area contributed by atoms with E-state index in [2.05, 4.69) is 10.6 Å². The van der Waals surface area contributed by atoms with Crippen LogP contribution in [0.15, 0.2) is 42.5 Å². The molecule has 4 rings (SSSR count). The van der Waals surface area contributed by atoms with Gasteiger partial charge in [-0.15, -0.1) is 0 Å². The van der Waals surface area contributed by atoms with E-state index in [1.165, 1.54) is 0 Å². The molecule has 2 N–H and O–H groups in total. The third-order valence-electron chi connectivity index (χ3n) is 6.59. The number of benzene rings is 2. The number of carbonyl (C=O) groups is 3. The van der Waals surface area contributed by atoms with E-state index in [4.69, 9.17) is 21.1 Å². The second-order valence-corrected chi connectivity index (χ2v) is 9.41. The fourth-order valence-electron chi connectivity index (χ4n) is 4.31. The smallest absolute Gasteiger partial charge is 0.253 e. The van der Waals surface area contributed by atoms with Crippen LogP contribution in [0, 0.1) is 5.92 Å². The Morgan fingerprint density at radius 1 is 1.00 bits per heavy atom. The number of amides is 3. The molecule has 1 fully saturated rings. The summed E-state index contributed by atoms with van der Waals surface area (Å²) in [6.45, 7) is 5.04. The molecule has 0 aliphatic carbocycles. The molecule has 8 nitrogen and oxygen atoms in total. The lowest BCUT2D eigenvalue weighted by atomic mass is 9.88. The van der Waals surface area contributed by atoms with E-state index >= 15 is 0 Å². The molecule has 0 bridgehead atoms. The van der Waals surface area contributed by atoms with Gasteiger partial charge in [0, 0.05) is 35.3 Å². The van der Waals surface area contributed by atoms with Gasteiger partial charge in [-0.1, -0.05) is 18.5 Å². The summed E-state index contributed by atoms with van der Waals surface area (Å²) in [7, 11) is 0. The van der Waals surface area contributed by atoms with Crippen LogP contribution in [0.5, 0.6) is 11.5 Å². The van der Waals surface area contributed by atoms with E-state index in [1.54, 1.807) is 47.4 Å². The maximum Gasteiger partial charge on any atom is 0.253 e. The summed E-state index contributed by atoms with van der Waals surface area (Å²) in [5, 5.41) is 6.52. The molecule has 0 aromatic heterocycles. The minimum Gasteiger partial charge on any atom is -0.454 e. The lowest BCUT2D eigenvalue weighted by Gasteiger charge is -2.36. The van der Waals surface area contributed by atoms with Crippen molar-refractivity contribution in [3.8, 4) is 11.5 Å². The molecule has 186 valence electrons. The van der Waals surface area contributed by atoms with Gasteiger partial charge in [0.1, 0.15) is 6.04 Å². The number of piperidine rings is 1. The highest BCUT2D eigenvalue weighted by Gasteiger charge is 2.34. The topological polar surface area (TPSA) is 97.0 Å². The lowest BCUT2D eigenvalue weighted by Crippen LogP contribution is -2.55. The van der Waals surface area contributed by atoms with Crippen LogP contribution in [0.4, 0.5) is 0 Å². The normalized spacial score (nSPS) is 16.9. The highest BCUT2D eigenvalue weighted by atomic mass is 35.5. The van der Waals surface area contributed by atoms with Gasteiger partial charge in [0.05, 0.1) is 0 Å². The molecule has 2 aromatic carbocycles. The van der Waals surface area contributed by atoms with Crippen LogP contribution in [0.25, 0.3) is 0 Å². The first-order valence-corrected chi connectivity index (χ1v) is 12.3. The molecule has 2 heterocycles. The molecular weight excluding hydrogens is 470 g/mol. The number of likely N-dealkylation sites (tertiary alicyclic amines) is 1. The van der Waals surface area contributed by atoms with Crippen LogP contribution >= 0.6 is 11.6 Å². The van der Waals surface area contributed by atoms with Crippen molar-refractivity contribution in [2.24, 2.45) is 5.92 Å². The SMILES string of the molecule is CCC(C)NC(=O)C(NC(=O)c1ccc2c(c1)OCO2)C1CCN(C(=O)c2ccc(Cl)cc2)CC1. The van der Waals surface area contributed by atoms with Crippen LogP contribution in [0.2, 0.25) is 5.02 Å². The molecule has 0 spiro atoms. The first-order valence-electron chi connectivity index (χ1n) is 11.9. The molecule has 3 amide bonds. The Labute approximate surface area is 209 Å². The maximum absolute atomic E-state index is 13.2. The zero-order valence-electron chi connectivity index (χ0n) is 19.9. The summed E-state index contributed by atoms with van der Waals surface area (Å²) in [4.78, 5) is 40.9. The van der Waals surface area contributed by atoms with Gasteiger partial charge in [-0.3, -0.25) is 14.4 Å². The molecule has 1 saturated heterocycles. The number of fused-ring (bicyclic) bond motifs is 1. The van der Waals surface area contributed by atoms with Crippen molar-refractivity contribution < 1.29 is 23.9 Å². The number of rotatable bonds is 7. The lowest BCUT2D eigenvalue weighted by molar-refractivity contribution is -0.125. The van der Waals surface area contributed by atoms with Gasteiger partial charge >= 0.3 is 0 Å². The number of ether oxygens (including phenoxy) is 2. The summed E-state index contributed by atoms with van der Waals surface area (Å²) < 4.78 is 10.7. The zero-order valence-corrected chi connectivity index (χ0v) is 20.6. The second-order valence-electron chi connectivity index (χ2n) is 8.97. The summed E-state index contributed by atoms with van der Waals surface area (Å²) in [6.07, 6.45) is 1.97. The van der Waals surface area contributed by atoms with E-state index in [1.807, 2.05) is 13.8 Å². The van der Waals surface area contributed by atoms with Crippen LogP contribution in [-0.4, -0.2) is 54.6 Å². The van der Waals surface area contributed by atoms with Crippen LogP contribution in [-0.2, 0) is 4.79 Å². The molecule has 2 aliphatic rings. The standard InChI is InChI=1S/C26H30ClN3O5/c1-3-16(2)28-25(32)23(29-24(31)19-6-9-21-22(14-19)35-15-34-21)17-10-12-30(13-11-17)26(33)18-4-7-20(27)8-5-18/h4-9,14,16-17,23H,3,10-13,15H2,1-2H3,(H,28,32)(H,29,31). The zero-order chi connectivity index (χ0) is 24.9. The highest BCUT2D eigenvalue weighted by Crippen LogP contribution is 2.32. The van der Waals surface area contributed by atoms with Gasteiger partial charge < -0.3 is 25.0 Å². The van der Waals surface area contributed by atoms with Crippen LogP contribution in [0.3, 0.4) is 0 Å². The fourth-order valence-corrected chi connectivity index (χ4v) is 4.43. The first-order chi connectivity index (χ1) is 16.9. The Kier molecular flexibility index (Phi) is 7.80. The van der Waals surface area contributed by atoms with Crippen molar-refractivity contribution in [3.63, 3.8) is 0 Å². The predicted octanol–water partition coefficient (Wildman–Crippen LogP) is 3.63. The molecule has 2 atom stereocenters. The van der Waals surface area contributed by atoms with Crippen LogP contribution < -0.4 is 20.1 Å². The summed E-state index contributed by atoms with van der Waals surface area (Å²) in [5.41, 5.74) is 0.973.